The van der Waals surface area contributed by atoms with E-state index in [4.69, 9.17) is 9.15 Å². The number of amides is 1. The van der Waals surface area contributed by atoms with E-state index >= 15 is 0 Å². The molecule has 0 unspecified atom stereocenters. The Morgan fingerprint density at radius 2 is 2.31 bits per heavy atom. The van der Waals surface area contributed by atoms with Crippen LogP contribution in [0.2, 0.25) is 0 Å². The number of anilines is 2. The molecule has 16 heavy (non-hydrogen) atoms. The van der Waals surface area contributed by atoms with Gasteiger partial charge in [-0.05, 0) is 24.3 Å². The van der Waals surface area contributed by atoms with Crippen molar-refractivity contribution in [3.05, 3.63) is 48.7 Å². The third-order valence-electron chi connectivity index (χ3n) is 2.03. The molecule has 0 aliphatic carbocycles. The lowest BCUT2D eigenvalue weighted by Gasteiger charge is -2.17. The number of nitrogens with zero attached hydrogens (tertiary/aromatic N) is 1. The molecule has 4 heteroatoms. The van der Waals surface area contributed by atoms with Gasteiger partial charge < -0.3 is 9.15 Å². The van der Waals surface area contributed by atoms with E-state index in [9.17, 15) is 4.79 Å². The Morgan fingerprint density at radius 1 is 1.44 bits per heavy atom. The van der Waals surface area contributed by atoms with Gasteiger partial charge in [0.2, 0.25) is 5.88 Å². The summed E-state index contributed by atoms with van der Waals surface area (Å²) in [5.74, 6) is 0.409. The summed E-state index contributed by atoms with van der Waals surface area (Å²) in [7, 11) is 1.32. The molecule has 4 nitrogen and oxygen atoms in total. The van der Waals surface area contributed by atoms with Crippen LogP contribution < -0.4 is 4.90 Å². The van der Waals surface area contributed by atoms with Gasteiger partial charge in [-0.1, -0.05) is 12.1 Å². The Bertz CT molecular complexity index is 450. The van der Waals surface area contributed by atoms with Crippen molar-refractivity contribution in [2.75, 3.05) is 12.0 Å². The highest BCUT2D eigenvalue weighted by atomic mass is 16.5. The van der Waals surface area contributed by atoms with Gasteiger partial charge in [-0.3, -0.25) is 0 Å². The first kappa shape index (κ1) is 10.3. The first-order chi connectivity index (χ1) is 7.83. The second-order valence-electron chi connectivity index (χ2n) is 3.02. The Hall–Kier alpha value is -2.23. The molecule has 0 aliphatic rings. The number of rotatable bonds is 2. The van der Waals surface area contributed by atoms with Gasteiger partial charge in [0.1, 0.15) is 0 Å². The highest BCUT2D eigenvalue weighted by Crippen LogP contribution is 2.25. The zero-order valence-corrected chi connectivity index (χ0v) is 8.71. The molecule has 1 heterocycles. The minimum atomic E-state index is -0.505. The Kier molecular flexibility index (Phi) is 2.91. The molecule has 1 aromatic carbocycles. The summed E-state index contributed by atoms with van der Waals surface area (Å²) in [5, 5.41) is 0. The second-order valence-corrected chi connectivity index (χ2v) is 3.02. The van der Waals surface area contributed by atoms with Crippen molar-refractivity contribution in [3.8, 4) is 0 Å². The number of methoxy groups -OCH3 is 1. The van der Waals surface area contributed by atoms with Crippen molar-refractivity contribution < 1.29 is 13.9 Å². The Morgan fingerprint density at radius 3 is 2.88 bits per heavy atom. The molecule has 1 radical (unpaired) electrons. The van der Waals surface area contributed by atoms with Crippen LogP contribution in [0.25, 0.3) is 0 Å². The maximum Gasteiger partial charge on any atom is 0.421 e. The maximum atomic E-state index is 11.6. The highest BCUT2D eigenvalue weighted by Gasteiger charge is 2.20. The van der Waals surface area contributed by atoms with Crippen LogP contribution in [0.15, 0.2) is 47.1 Å². The Labute approximate surface area is 93.0 Å². The highest BCUT2D eigenvalue weighted by molar-refractivity contribution is 5.94. The molecule has 2 rings (SSSR count). The molecule has 81 valence electrons. The number of hydrogen-bond acceptors (Lipinski definition) is 3. The lowest BCUT2D eigenvalue weighted by molar-refractivity contribution is 0.180. The lowest BCUT2D eigenvalue weighted by Crippen LogP contribution is -2.25. The summed E-state index contributed by atoms with van der Waals surface area (Å²) in [6.45, 7) is 0. The maximum absolute atomic E-state index is 11.6. The molecular formula is C12H10NO3. The molecule has 2 aromatic rings. The number of hydrogen-bond donors (Lipinski definition) is 0. The number of ether oxygens (including phenoxy) is 1. The molecule has 0 bridgehead atoms. The van der Waals surface area contributed by atoms with Crippen LogP contribution in [-0.4, -0.2) is 13.2 Å². The molecule has 0 saturated heterocycles. The van der Waals surface area contributed by atoms with Crippen LogP contribution in [0, 0.1) is 6.07 Å². The van der Waals surface area contributed by atoms with Gasteiger partial charge in [-0.2, -0.15) is 0 Å². The van der Waals surface area contributed by atoms with Crippen molar-refractivity contribution in [2.45, 2.75) is 0 Å². The van der Waals surface area contributed by atoms with Gasteiger partial charge in [-0.25, -0.2) is 9.69 Å². The third kappa shape index (κ3) is 1.91. The molecule has 0 fully saturated rings. The molecule has 0 aliphatic heterocycles. The van der Waals surface area contributed by atoms with Crippen molar-refractivity contribution in [3.63, 3.8) is 0 Å². The van der Waals surface area contributed by atoms with Crippen LogP contribution >= 0.6 is 0 Å². The van der Waals surface area contributed by atoms with Gasteiger partial charge in [0.25, 0.3) is 0 Å². The quantitative estimate of drug-likeness (QED) is 0.775. The number of carbonyl (C=O) groups is 1. The normalized spacial score (nSPS) is 9.81. The standard InChI is InChI=1S/C12H10NO3/c1-15-12(14)13(11-8-5-9-16-11)10-6-3-2-4-7-10/h2-3,5-9H,1H3. The van der Waals surface area contributed by atoms with Crippen molar-refractivity contribution in [1.82, 2.24) is 0 Å². The fraction of sp³-hybridized carbons (Fsp3) is 0.0833. The largest absolute Gasteiger partial charge is 0.452 e. The molecule has 0 N–H and O–H groups in total. The van der Waals surface area contributed by atoms with E-state index in [1.807, 2.05) is 0 Å². The van der Waals surface area contributed by atoms with Crippen LogP contribution in [0.4, 0.5) is 16.4 Å². The van der Waals surface area contributed by atoms with Crippen molar-refractivity contribution >= 4 is 17.7 Å². The average Bonchev–Trinajstić information content (AvgIpc) is 2.84. The monoisotopic (exact) mass is 216 g/mol. The van der Waals surface area contributed by atoms with Crippen molar-refractivity contribution in [2.24, 2.45) is 0 Å². The average molecular weight is 216 g/mol. The minimum Gasteiger partial charge on any atom is -0.452 e. The van der Waals surface area contributed by atoms with E-state index in [0.29, 0.717) is 11.6 Å². The first-order valence-corrected chi connectivity index (χ1v) is 4.70. The van der Waals surface area contributed by atoms with Crippen LogP contribution in [0.3, 0.4) is 0 Å². The van der Waals surface area contributed by atoms with E-state index in [-0.39, 0.29) is 0 Å². The van der Waals surface area contributed by atoms with Crippen LogP contribution in [-0.2, 0) is 4.74 Å². The van der Waals surface area contributed by atoms with Gasteiger partial charge in [0, 0.05) is 6.07 Å². The van der Waals surface area contributed by atoms with Crippen LogP contribution in [0.1, 0.15) is 0 Å². The van der Waals surface area contributed by atoms with Crippen molar-refractivity contribution in [1.29, 1.82) is 0 Å². The fourth-order valence-corrected chi connectivity index (χ4v) is 1.33. The van der Waals surface area contributed by atoms with E-state index in [2.05, 4.69) is 6.07 Å². The summed E-state index contributed by atoms with van der Waals surface area (Å²) in [5.41, 5.74) is 0.643. The summed E-state index contributed by atoms with van der Waals surface area (Å²) in [4.78, 5) is 13.0. The first-order valence-electron chi connectivity index (χ1n) is 4.70. The number of carbonyl (C=O) groups excluding carboxylic acids is 1. The smallest absolute Gasteiger partial charge is 0.421 e. The van der Waals surface area contributed by atoms with E-state index in [1.54, 1.807) is 36.4 Å². The predicted octanol–water partition coefficient (Wildman–Crippen LogP) is 2.98. The van der Waals surface area contributed by atoms with E-state index < -0.39 is 6.09 Å². The number of furan rings is 1. The summed E-state index contributed by atoms with van der Waals surface area (Å²) < 4.78 is 9.89. The SMILES string of the molecule is COC(=O)N(c1c[c]ccc1)c1ccco1. The number of benzene rings is 1. The lowest BCUT2D eigenvalue weighted by atomic mass is 10.3. The molecule has 1 aromatic heterocycles. The van der Waals surface area contributed by atoms with E-state index in [0.717, 1.165) is 0 Å². The molecule has 1 amide bonds. The second kappa shape index (κ2) is 4.53. The Balaban J connectivity index is 2.40. The van der Waals surface area contributed by atoms with E-state index in [1.165, 1.54) is 18.3 Å². The topological polar surface area (TPSA) is 42.7 Å². The zero-order chi connectivity index (χ0) is 11.4. The summed E-state index contributed by atoms with van der Waals surface area (Å²) in [6.07, 6.45) is 0.993. The molecular weight excluding hydrogens is 206 g/mol. The van der Waals surface area contributed by atoms with Crippen LogP contribution in [0.5, 0.6) is 0 Å². The minimum absolute atomic E-state index is 0.409. The molecule has 0 atom stereocenters. The zero-order valence-electron chi connectivity index (χ0n) is 8.71. The van der Waals surface area contributed by atoms with Gasteiger partial charge in [0.05, 0.1) is 19.1 Å². The van der Waals surface area contributed by atoms with Gasteiger partial charge in [-0.15, -0.1) is 0 Å². The van der Waals surface area contributed by atoms with Gasteiger partial charge in [0.15, 0.2) is 0 Å². The molecule has 0 spiro atoms. The summed E-state index contributed by atoms with van der Waals surface area (Å²) >= 11 is 0. The predicted molar refractivity (Wildman–Crippen MR) is 58.5 cm³/mol. The third-order valence-corrected chi connectivity index (χ3v) is 2.03. The van der Waals surface area contributed by atoms with Gasteiger partial charge >= 0.3 is 6.09 Å². The fourth-order valence-electron chi connectivity index (χ4n) is 1.33. The summed E-state index contributed by atoms with van der Waals surface area (Å²) in [6, 6.07) is 13.3. The molecule has 0 saturated carbocycles.